The number of nitro benzene ring substituents is 1. The van der Waals surface area contributed by atoms with E-state index in [1.54, 1.807) is 11.9 Å². The molecule has 0 aromatic heterocycles. The Morgan fingerprint density at radius 1 is 1.48 bits per heavy atom. The molecule has 0 bridgehead atoms. The van der Waals surface area contributed by atoms with Gasteiger partial charge >= 0.3 is 5.97 Å². The molecule has 0 amide bonds. The van der Waals surface area contributed by atoms with E-state index in [0.717, 1.165) is 19.2 Å². The van der Waals surface area contributed by atoms with Crippen LogP contribution in [-0.2, 0) is 4.74 Å². The molecule has 1 rings (SSSR count). The number of anilines is 1. The number of nitrogens with zero attached hydrogens (tertiary/aromatic N) is 2. The number of hydrogen-bond acceptors (Lipinski definition) is 5. The van der Waals surface area contributed by atoms with Crippen LogP contribution in [0.4, 0.5) is 15.8 Å². The number of benzene rings is 1. The van der Waals surface area contributed by atoms with Crippen molar-refractivity contribution < 1.29 is 18.8 Å². The average molecular weight is 298 g/mol. The molecule has 0 aliphatic carbocycles. The molecule has 0 aliphatic rings. The van der Waals surface area contributed by atoms with Crippen molar-refractivity contribution in [2.45, 2.75) is 32.7 Å². The highest BCUT2D eigenvalue weighted by Crippen LogP contribution is 2.35. The van der Waals surface area contributed by atoms with Crippen molar-refractivity contribution in [3.05, 3.63) is 33.6 Å². The second kappa shape index (κ2) is 6.07. The standard InChI is InChI=1S/C14H19FN2O4/c1-6-14(2,3)16(4)11-7-9(13(18)21-5)10(15)8-12(11)17(19)20/h7-8H,6H2,1-5H3. The Morgan fingerprint density at radius 3 is 2.48 bits per heavy atom. The molecule has 6 nitrogen and oxygen atoms in total. The van der Waals surface area contributed by atoms with Crippen LogP contribution < -0.4 is 4.90 Å². The van der Waals surface area contributed by atoms with Crippen LogP contribution in [0, 0.1) is 15.9 Å². The zero-order valence-corrected chi connectivity index (χ0v) is 12.8. The molecule has 7 heteroatoms. The lowest BCUT2D eigenvalue weighted by Gasteiger charge is -2.36. The van der Waals surface area contributed by atoms with E-state index in [1.165, 1.54) is 0 Å². The largest absolute Gasteiger partial charge is 0.465 e. The van der Waals surface area contributed by atoms with Crippen molar-refractivity contribution in [3.63, 3.8) is 0 Å². The summed E-state index contributed by atoms with van der Waals surface area (Å²) in [6.45, 7) is 5.74. The van der Waals surface area contributed by atoms with Gasteiger partial charge in [-0.2, -0.15) is 0 Å². The van der Waals surface area contributed by atoms with E-state index >= 15 is 0 Å². The van der Waals surface area contributed by atoms with Gasteiger partial charge in [-0.15, -0.1) is 0 Å². The maximum Gasteiger partial charge on any atom is 0.340 e. The fourth-order valence-electron chi connectivity index (χ4n) is 1.80. The highest BCUT2D eigenvalue weighted by atomic mass is 19.1. The monoisotopic (exact) mass is 298 g/mol. The minimum Gasteiger partial charge on any atom is -0.465 e. The summed E-state index contributed by atoms with van der Waals surface area (Å²) >= 11 is 0. The molecule has 0 heterocycles. The number of carbonyl (C=O) groups is 1. The predicted octanol–water partition coefficient (Wildman–Crippen LogP) is 3.15. The lowest BCUT2D eigenvalue weighted by molar-refractivity contribution is -0.384. The maximum absolute atomic E-state index is 13.8. The summed E-state index contributed by atoms with van der Waals surface area (Å²) in [5.74, 6) is -1.84. The van der Waals surface area contributed by atoms with Crippen LogP contribution in [0.3, 0.4) is 0 Å². The first-order chi connectivity index (χ1) is 9.65. The van der Waals surface area contributed by atoms with Crippen molar-refractivity contribution in [2.75, 3.05) is 19.1 Å². The Kier molecular flexibility index (Phi) is 4.88. The Morgan fingerprint density at radius 2 is 2.05 bits per heavy atom. The Bertz CT molecular complexity index is 572. The molecule has 0 saturated heterocycles. The van der Waals surface area contributed by atoms with E-state index in [1.807, 2.05) is 20.8 Å². The summed E-state index contributed by atoms with van der Waals surface area (Å²) in [5.41, 5.74) is -0.926. The van der Waals surface area contributed by atoms with Gasteiger partial charge in [0.05, 0.1) is 23.7 Å². The van der Waals surface area contributed by atoms with Crippen LogP contribution in [0.25, 0.3) is 0 Å². The summed E-state index contributed by atoms with van der Waals surface area (Å²) < 4.78 is 18.3. The van der Waals surface area contributed by atoms with Gasteiger partial charge < -0.3 is 9.64 Å². The molecule has 0 aliphatic heterocycles. The number of nitro groups is 1. The zero-order valence-electron chi connectivity index (χ0n) is 12.8. The van der Waals surface area contributed by atoms with E-state index in [4.69, 9.17) is 0 Å². The minimum atomic E-state index is -0.972. The smallest absolute Gasteiger partial charge is 0.340 e. The van der Waals surface area contributed by atoms with Gasteiger partial charge in [-0.1, -0.05) is 6.92 Å². The summed E-state index contributed by atoms with van der Waals surface area (Å²) in [6.07, 6.45) is 0.714. The molecule has 0 radical (unpaired) electrons. The number of rotatable bonds is 5. The van der Waals surface area contributed by atoms with Gasteiger partial charge in [0.1, 0.15) is 11.5 Å². The summed E-state index contributed by atoms with van der Waals surface area (Å²) in [6, 6.07) is 1.92. The van der Waals surface area contributed by atoms with E-state index in [0.29, 0.717) is 6.42 Å². The minimum absolute atomic E-state index is 0.175. The van der Waals surface area contributed by atoms with Crippen molar-refractivity contribution in [1.29, 1.82) is 0 Å². The maximum atomic E-state index is 13.8. The van der Waals surface area contributed by atoms with Crippen molar-refractivity contribution in [1.82, 2.24) is 0 Å². The first-order valence-corrected chi connectivity index (χ1v) is 6.45. The first-order valence-electron chi connectivity index (χ1n) is 6.45. The summed E-state index contributed by atoms with van der Waals surface area (Å²) in [5, 5.41) is 11.1. The summed E-state index contributed by atoms with van der Waals surface area (Å²) in [7, 11) is 2.80. The molecule has 1 aromatic rings. The molecule has 0 saturated carbocycles. The zero-order chi connectivity index (χ0) is 16.4. The number of hydrogen-bond donors (Lipinski definition) is 0. The van der Waals surface area contributed by atoms with Gasteiger partial charge in [0.15, 0.2) is 0 Å². The molecule has 21 heavy (non-hydrogen) atoms. The van der Waals surface area contributed by atoms with Crippen molar-refractivity contribution >= 4 is 17.3 Å². The number of carbonyl (C=O) groups excluding carboxylic acids is 1. The van der Waals surface area contributed by atoms with Gasteiger partial charge in [0.25, 0.3) is 5.69 Å². The topological polar surface area (TPSA) is 72.7 Å². The first kappa shape index (κ1) is 16.9. The second-order valence-electron chi connectivity index (χ2n) is 5.29. The van der Waals surface area contributed by atoms with E-state index in [-0.39, 0.29) is 16.9 Å². The lowest BCUT2D eigenvalue weighted by Crippen LogP contribution is -2.41. The van der Waals surface area contributed by atoms with Gasteiger partial charge in [-0.25, -0.2) is 9.18 Å². The quantitative estimate of drug-likeness (QED) is 0.474. The Labute approximate surface area is 122 Å². The summed E-state index contributed by atoms with van der Waals surface area (Å²) in [4.78, 5) is 23.7. The fraction of sp³-hybridized carbons (Fsp3) is 0.500. The van der Waals surface area contributed by atoms with Gasteiger partial charge in [0, 0.05) is 12.6 Å². The molecule has 0 N–H and O–H groups in total. The van der Waals surface area contributed by atoms with E-state index in [9.17, 15) is 19.3 Å². The number of esters is 1. The molecule has 1 aromatic carbocycles. The molecular weight excluding hydrogens is 279 g/mol. The molecule has 0 atom stereocenters. The third-order valence-electron chi connectivity index (χ3n) is 3.80. The van der Waals surface area contributed by atoms with Gasteiger partial charge in [0.2, 0.25) is 0 Å². The Hall–Kier alpha value is -2.18. The average Bonchev–Trinajstić information content (AvgIpc) is 2.45. The second-order valence-corrected chi connectivity index (χ2v) is 5.29. The molecule has 0 spiro atoms. The fourth-order valence-corrected chi connectivity index (χ4v) is 1.80. The van der Waals surface area contributed by atoms with Crippen LogP contribution in [0.15, 0.2) is 12.1 Å². The molecular formula is C14H19FN2O4. The van der Waals surface area contributed by atoms with Crippen molar-refractivity contribution in [3.8, 4) is 0 Å². The highest BCUT2D eigenvalue weighted by Gasteiger charge is 2.30. The van der Waals surface area contributed by atoms with Crippen LogP contribution in [0.1, 0.15) is 37.6 Å². The van der Waals surface area contributed by atoms with Gasteiger partial charge in [-0.05, 0) is 26.3 Å². The van der Waals surface area contributed by atoms with Crippen LogP contribution in [0.2, 0.25) is 0 Å². The third kappa shape index (κ3) is 3.29. The number of halogens is 1. The normalized spacial score (nSPS) is 11.1. The molecule has 0 unspecified atom stereocenters. The predicted molar refractivity (Wildman–Crippen MR) is 77.2 cm³/mol. The molecule has 0 fully saturated rings. The van der Waals surface area contributed by atoms with E-state index < -0.39 is 22.2 Å². The third-order valence-corrected chi connectivity index (χ3v) is 3.80. The van der Waals surface area contributed by atoms with Gasteiger partial charge in [-0.3, -0.25) is 10.1 Å². The molecule has 116 valence electrons. The van der Waals surface area contributed by atoms with Crippen LogP contribution in [0.5, 0.6) is 0 Å². The number of ether oxygens (including phenoxy) is 1. The number of methoxy groups -OCH3 is 1. The Balaban J connectivity index is 3.53. The van der Waals surface area contributed by atoms with Crippen LogP contribution >= 0.6 is 0 Å². The lowest BCUT2D eigenvalue weighted by atomic mass is 9.98. The SMILES string of the molecule is CCC(C)(C)N(C)c1cc(C(=O)OC)c(F)cc1[N+](=O)[O-]. The van der Waals surface area contributed by atoms with Crippen LogP contribution in [-0.4, -0.2) is 30.6 Å². The highest BCUT2D eigenvalue weighted by molar-refractivity contribution is 5.92. The van der Waals surface area contributed by atoms with E-state index in [2.05, 4.69) is 4.74 Å². The van der Waals surface area contributed by atoms with Crippen molar-refractivity contribution in [2.24, 2.45) is 0 Å².